The number of carbonyl (C=O) groups excluding carboxylic acids is 1. The highest BCUT2D eigenvalue weighted by Gasteiger charge is 2.31. The lowest BCUT2D eigenvalue weighted by Crippen LogP contribution is -2.28. The van der Waals surface area contributed by atoms with Gasteiger partial charge < -0.3 is 9.32 Å². The molecule has 1 saturated heterocycles. The number of hydrogen-bond acceptors (Lipinski definition) is 5. The molecule has 0 radical (unpaired) electrons. The van der Waals surface area contributed by atoms with Crippen molar-refractivity contribution in [2.45, 2.75) is 18.9 Å². The molecule has 1 aliphatic rings. The van der Waals surface area contributed by atoms with E-state index < -0.39 is 0 Å². The van der Waals surface area contributed by atoms with Crippen LogP contribution in [0, 0.1) is 0 Å². The zero-order valence-corrected chi connectivity index (χ0v) is 15.4. The predicted octanol–water partition coefficient (Wildman–Crippen LogP) is 4.81. The number of amides is 1. The molecule has 0 spiro atoms. The van der Waals surface area contributed by atoms with Crippen molar-refractivity contribution in [3.05, 3.63) is 65.5 Å². The number of thiazole rings is 1. The molecule has 3 heterocycles. The molecule has 0 aliphatic carbocycles. The summed E-state index contributed by atoms with van der Waals surface area (Å²) in [5.74, 6) is 0.416. The average molecular weight is 375 g/mol. The molecule has 0 N–H and O–H groups in total. The highest BCUT2D eigenvalue weighted by atomic mass is 32.1. The van der Waals surface area contributed by atoms with E-state index in [1.807, 2.05) is 47.4 Å². The van der Waals surface area contributed by atoms with Crippen LogP contribution >= 0.6 is 11.3 Å². The summed E-state index contributed by atoms with van der Waals surface area (Å²) in [7, 11) is 0. The zero-order chi connectivity index (χ0) is 18.2. The van der Waals surface area contributed by atoms with E-state index in [0.29, 0.717) is 5.89 Å². The molecule has 1 aliphatic heterocycles. The molecular formula is C21H17N3O2S. The van der Waals surface area contributed by atoms with E-state index in [0.717, 1.165) is 45.7 Å². The standard InChI is InChI=1S/C21H17N3O2S/c25-20(12-11-19-22-14-6-1-3-9-17(14)26-19)24-13-5-8-16(24)21-23-15-7-2-4-10-18(15)27-21/h1-4,6-7,9-12,16H,5,8,13H2/b12-11+/t16-/m1/s1. The first-order chi connectivity index (χ1) is 13.3. The number of oxazole rings is 1. The SMILES string of the molecule is O=C(/C=C/c1nc2ccccc2o1)N1CCC[C@@H]1c1nc2ccccc2s1. The van der Waals surface area contributed by atoms with Gasteiger partial charge in [-0.25, -0.2) is 9.97 Å². The first-order valence-electron chi connectivity index (χ1n) is 8.98. The Kier molecular flexibility index (Phi) is 3.98. The van der Waals surface area contributed by atoms with Crippen LogP contribution in [0.15, 0.2) is 59.0 Å². The fourth-order valence-corrected chi connectivity index (χ4v) is 4.63. The van der Waals surface area contributed by atoms with Gasteiger partial charge in [-0.1, -0.05) is 24.3 Å². The van der Waals surface area contributed by atoms with E-state index in [-0.39, 0.29) is 11.9 Å². The molecule has 5 rings (SSSR count). The van der Waals surface area contributed by atoms with Crippen molar-refractivity contribution >= 4 is 44.6 Å². The highest BCUT2D eigenvalue weighted by Crippen LogP contribution is 2.36. The lowest BCUT2D eigenvalue weighted by Gasteiger charge is -2.21. The van der Waals surface area contributed by atoms with Gasteiger partial charge in [0.15, 0.2) is 5.58 Å². The van der Waals surface area contributed by atoms with Crippen LogP contribution in [-0.2, 0) is 4.79 Å². The topological polar surface area (TPSA) is 59.2 Å². The van der Waals surface area contributed by atoms with Crippen molar-refractivity contribution in [1.82, 2.24) is 14.9 Å². The maximum absolute atomic E-state index is 12.8. The van der Waals surface area contributed by atoms with Crippen molar-refractivity contribution < 1.29 is 9.21 Å². The summed E-state index contributed by atoms with van der Waals surface area (Å²) in [6.07, 6.45) is 5.14. The van der Waals surface area contributed by atoms with Crippen LogP contribution in [0.3, 0.4) is 0 Å². The third-order valence-corrected chi connectivity index (χ3v) is 5.95. The number of nitrogens with zero attached hydrogens (tertiary/aromatic N) is 3. The van der Waals surface area contributed by atoms with Crippen molar-refractivity contribution in [3.8, 4) is 0 Å². The van der Waals surface area contributed by atoms with E-state index in [4.69, 9.17) is 9.40 Å². The molecule has 1 atom stereocenters. The normalized spacial score (nSPS) is 17.5. The highest BCUT2D eigenvalue weighted by molar-refractivity contribution is 7.18. The van der Waals surface area contributed by atoms with Crippen LogP contribution in [0.1, 0.15) is 29.8 Å². The first kappa shape index (κ1) is 16.2. The molecule has 2 aromatic carbocycles. The van der Waals surface area contributed by atoms with E-state index in [9.17, 15) is 4.79 Å². The summed E-state index contributed by atoms with van der Waals surface area (Å²) >= 11 is 1.67. The lowest BCUT2D eigenvalue weighted by atomic mass is 10.2. The molecule has 1 fully saturated rings. The minimum Gasteiger partial charge on any atom is -0.437 e. The third kappa shape index (κ3) is 3.02. The van der Waals surface area contributed by atoms with Gasteiger partial charge in [-0.2, -0.15) is 0 Å². The minimum absolute atomic E-state index is 0.0287. The molecule has 0 unspecified atom stereocenters. The number of carbonyl (C=O) groups is 1. The Morgan fingerprint density at radius 1 is 1.11 bits per heavy atom. The van der Waals surface area contributed by atoms with Crippen molar-refractivity contribution in [1.29, 1.82) is 0 Å². The number of aromatic nitrogens is 2. The molecule has 4 aromatic rings. The lowest BCUT2D eigenvalue weighted by molar-refractivity contribution is -0.126. The van der Waals surface area contributed by atoms with Gasteiger partial charge in [-0.05, 0) is 37.1 Å². The third-order valence-electron chi connectivity index (χ3n) is 4.81. The number of fused-ring (bicyclic) bond motifs is 2. The molecule has 0 bridgehead atoms. The number of benzene rings is 2. The van der Waals surface area contributed by atoms with Crippen LogP contribution in [0.25, 0.3) is 27.4 Å². The average Bonchev–Trinajstić information content (AvgIpc) is 3.42. The van der Waals surface area contributed by atoms with E-state index in [1.165, 1.54) is 0 Å². The van der Waals surface area contributed by atoms with Crippen molar-refractivity contribution in [3.63, 3.8) is 0 Å². The van der Waals surface area contributed by atoms with Gasteiger partial charge in [0.05, 0.1) is 16.3 Å². The Balaban J connectivity index is 1.38. The zero-order valence-electron chi connectivity index (χ0n) is 14.5. The molecule has 0 saturated carbocycles. The van der Waals surface area contributed by atoms with E-state index >= 15 is 0 Å². The number of rotatable bonds is 3. The molecule has 2 aromatic heterocycles. The summed E-state index contributed by atoms with van der Waals surface area (Å²) < 4.78 is 6.81. The molecule has 27 heavy (non-hydrogen) atoms. The summed E-state index contributed by atoms with van der Waals surface area (Å²) in [4.78, 5) is 23.8. The fraction of sp³-hybridized carbons (Fsp3) is 0.190. The summed E-state index contributed by atoms with van der Waals surface area (Å²) in [6.45, 7) is 0.747. The molecule has 6 heteroatoms. The summed E-state index contributed by atoms with van der Waals surface area (Å²) in [5.41, 5.74) is 2.51. The van der Waals surface area contributed by atoms with Gasteiger partial charge in [-0.3, -0.25) is 4.79 Å². The van der Waals surface area contributed by atoms with Gasteiger partial charge >= 0.3 is 0 Å². The molecule has 5 nitrogen and oxygen atoms in total. The van der Waals surface area contributed by atoms with Gasteiger partial charge in [0.2, 0.25) is 11.8 Å². The summed E-state index contributed by atoms with van der Waals surface area (Å²) in [6, 6.07) is 15.7. The second-order valence-electron chi connectivity index (χ2n) is 6.56. The van der Waals surface area contributed by atoms with Gasteiger partial charge in [0.1, 0.15) is 10.5 Å². The van der Waals surface area contributed by atoms with Crippen LogP contribution in [0.2, 0.25) is 0 Å². The van der Waals surface area contributed by atoms with Crippen molar-refractivity contribution in [2.24, 2.45) is 0 Å². The van der Waals surface area contributed by atoms with Crippen LogP contribution in [0.5, 0.6) is 0 Å². The second-order valence-corrected chi connectivity index (χ2v) is 7.62. The maximum atomic E-state index is 12.8. The smallest absolute Gasteiger partial charge is 0.247 e. The fourth-order valence-electron chi connectivity index (χ4n) is 3.52. The Bertz CT molecular complexity index is 1090. The monoisotopic (exact) mass is 375 g/mol. The van der Waals surface area contributed by atoms with Crippen LogP contribution in [-0.4, -0.2) is 27.3 Å². The largest absolute Gasteiger partial charge is 0.437 e. The predicted molar refractivity (Wildman–Crippen MR) is 106 cm³/mol. The quantitative estimate of drug-likeness (QED) is 0.482. The van der Waals surface area contributed by atoms with Gasteiger partial charge in [-0.15, -0.1) is 11.3 Å². The number of likely N-dealkylation sites (tertiary alicyclic amines) is 1. The Labute approximate surface area is 160 Å². The molecule has 134 valence electrons. The Morgan fingerprint density at radius 2 is 1.93 bits per heavy atom. The van der Waals surface area contributed by atoms with Crippen molar-refractivity contribution in [2.75, 3.05) is 6.54 Å². The van der Waals surface area contributed by atoms with E-state index in [1.54, 1.807) is 23.5 Å². The van der Waals surface area contributed by atoms with Gasteiger partial charge in [0.25, 0.3) is 0 Å². The van der Waals surface area contributed by atoms with Crippen LogP contribution in [0.4, 0.5) is 0 Å². The Morgan fingerprint density at radius 3 is 2.78 bits per heavy atom. The minimum atomic E-state index is -0.0287. The number of para-hydroxylation sites is 3. The summed E-state index contributed by atoms with van der Waals surface area (Å²) in [5, 5.41) is 1.01. The number of hydrogen-bond donors (Lipinski definition) is 0. The van der Waals surface area contributed by atoms with Gasteiger partial charge in [0, 0.05) is 18.7 Å². The maximum Gasteiger partial charge on any atom is 0.247 e. The second kappa shape index (κ2) is 6.63. The van der Waals surface area contributed by atoms with E-state index in [2.05, 4.69) is 11.1 Å². The first-order valence-corrected chi connectivity index (χ1v) is 9.79. The van der Waals surface area contributed by atoms with Crippen LogP contribution < -0.4 is 0 Å². The Hall–Kier alpha value is -2.99. The molecular weight excluding hydrogens is 358 g/mol. The molecule has 1 amide bonds.